The van der Waals surface area contributed by atoms with Gasteiger partial charge in [-0.05, 0) is 31.4 Å². The molecule has 2 N–H and O–H groups in total. The van der Waals surface area contributed by atoms with E-state index in [2.05, 4.69) is 5.32 Å². The Balaban J connectivity index is 1.84. The summed E-state index contributed by atoms with van der Waals surface area (Å²) in [5.74, 6) is 0.232. The number of ether oxygens (including phenoxy) is 1. The van der Waals surface area contributed by atoms with E-state index in [9.17, 15) is 9.90 Å². The number of nitrogens with one attached hydrogen (secondary N) is 1. The summed E-state index contributed by atoms with van der Waals surface area (Å²) in [5, 5.41) is 12.9. The summed E-state index contributed by atoms with van der Waals surface area (Å²) in [5.41, 5.74) is -0.446. The van der Waals surface area contributed by atoms with Crippen LogP contribution in [0, 0.1) is 0 Å². The highest BCUT2D eigenvalue weighted by atomic mass is 35.5. The lowest BCUT2D eigenvalue weighted by Gasteiger charge is -2.40. The first kappa shape index (κ1) is 14.4. The van der Waals surface area contributed by atoms with Crippen molar-refractivity contribution in [2.24, 2.45) is 0 Å². The molecule has 1 amide bonds. The Bertz CT molecular complexity index is 469. The number of benzene rings is 1. The van der Waals surface area contributed by atoms with Crippen LogP contribution in [-0.4, -0.2) is 29.8 Å². The second-order valence-corrected chi connectivity index (χ2v) is 5.52. The number of halogens is 2. The van der Waals surface area contributed by atoms with Gasteiger partial charge in [-0.2, -0.15) is 0 Å². The van der Waals surface area contributed by atoms with Gasteiger partial charge in [-0.1, -0.05) is 23.2 Å². The number of carbonyl (C=O) groups excluding carboxylic acids is 1. The Hall–Kier alpha value is -0.970. The predicted molar refractivity (Wildman–Crippen MR) is 73.8 cm³/mol. The normalized spacial score (nSPS) is 16.6. The molecule has 0 bridgehead atoms. The number of aliphatic hydroxyl groups excluding tert-OH is 1. The highest BCUT2D eigenvalue weighted by Crippen LogP contribution is 2.31. The van der Waals surface area contributed by atoms with Crippen molar-refractivity contribution in [2.45, 2.75) is 24.8 Å². The minimum absolute atomic E-state index is 0.0362. The summed E-state index contributed by atoms with van der Waals surface area (Å²) in [6, 6.07) is 4.81. The summed E-state index contributed by atoms with van der Waals surface area (Å²) in [4.78, 5) is 11.7. The maximum atomic E-state index is 11.7. The topological polar surface area (TPSA) is 58.6 Å². The fraction of sp³-hybridized carbons (Fsp3) is 0.462. The number of amides is 1. The first-order chi connectivity index (χ1) is 9.04. The zero-order valence-electron chi connectivity index (χ0n) is 10.3. The highest BCUT2D eigenvalue weighted by molar-refractivity contribution is 6.42. The van der Waals surface area contributed by atoms with Gasteiger partial charge in [0.2, 0.25) is 0 Å². The van der Waals surface area contributed by atoms with Gasteiger partial charge in [-0.15, -0.1) is 0 Å². The number of hydrogen-bond acceptors (Lipinski definition) is 3. The third-order valence-corrected chi connectivity index (χ3v) is 4.02. The van der Waals surface area contributed by atoms with Crippen LogP contribution < -0.4 is 10.1 Å². The van der Waals surface area contributed by atoms with Crippen LogP contribution in [-0.2, 0) is 4.79 Å². The fourth-order valence-electron chi connectivity index (χ4n) is 1.97. The molecule has 0 unspecified atom stereocenters. The largest absolute Gasteiger partial charge is 0.484 e. The van der Waals surface area contributed by atoms with Crippen LogP contribution in [0.4, 0.5) is 0 Å². The molecular formula is C13H15Cl2NO3. The van der Waals surface area contributed by atoms with Crippen molar-refractivity contribution in [3.05, 3.63) is 28.2 Å². The van der Waals surface area contributed by atoms with Crippen molar-refractivity contribution in [3.63, 3.8) is 0 Å². The van der Waals surface area contributed by atoms with E-state index >= 15 is 0 Å². The molecule has 0 radical (unpaired) electrons. The van der Waals surface area contributed by atoms with E-state index in [-0.39, 0.29) is 19.1 Å². The standard InChI is InChI=1S/C13H15Cl2NO3/c14-10-3-2-9(6-11(10)15)19-7-12(18)16-13(8-17)4-1-5-13/h2-3,6,17H,1,4-5,7-8H2,(H,16,18). The Labute approximate surface area is 121 Å². The molecule has 0 atom stereocenters. The maximum absolute atomic E-state index is 11.7. The number of rotatable bonds is 5. The third-order valence-electron chi connectivity index (χ3n) is 3.28. The lowest BCUT2D eigenvalue weighted by atomic mass is 9.77. The maximum Gasteiger partial charge on any atom is 0.258 e. The van der Waals surface area contributed by atoms with E-state index in [4.69, 9.17) is 27.9 Å². The van der Waals surface area contributed by atoms with Gasteiger partial charge in [-0.25, -0.2) is 0 Å². The fourth-order valence-corrected chi connectivity index (χ4v) is 2.26. The third kappa shape index (κ3) is 3.53. The lowest BCUT2D eigenvalue weighted by molar-refractivity contribution is -0.127. The molecule has 0 heterocycles. The molecule has 6 heteroatoms. The summed E-state index contributed by atoms with van der Waals surface area (Å²) in [6.07, 6.45) is 2.64. The minimum Gasteiger partial charge on any atom is -0.484 e. The molecule has 0 aliphatic heterocycles. The summed E-state index contributed by atoms with van der Waals surface area (Å²) < 4.78 is 5.33. The smallest absolute Gasteiger partial charge is 0.258 e. The second-order valence-electron chi connectivity index (χ2n) is 4.70. The lowest BCUT2D eigenvalue weighted by Crippen LogP contribution is -2.57. The van der Waals surface area contributed by atoms with Crippen molar-refractivity contribution in [3.8, 4) is 5.75 Å². The van der Waals surface area contributed by atoms with Crippen LogP contribution in [0.1, 0.15) is 19.3 Å². The highest BCUT2D eigenvalue weighted by Gasteiger charge is 2.37. The average Bonchev–Trinajstić information content (AvgIpc) is 2.35. The Morgan fingerprint density at radius 3 is 2.63 bits per heavy atom. The molecule has 0 spiro atoms. The molecule has 1 aromatic rings. The molecule has 104 valence electrons. The van der Waals surface area contributed by atoms with Crippen LogP contribution >= 0.6 is 23.2 Å². The molecule has 1 saturated carbocycles. The van der Waals surface area contributed by atoms with Gasteiger partial charge in [0.1, 0.15) is 5.75 Å². The van der Waals surface area contributed by atoms with Crippen molar-refractivity contribution >= 4 is 29.1 Å². The molecule has 1 aromatic carbocycles. The molecule has 1 aliphatic rings. The zero-order valence-corrected chi connectivity index (χ0v) is 11.8. The Kier molecular flexibility index (Phi) is 4.55. The van der Waals surface area contributed by atoms with Gasteiger partial charge in [0.05, 0.1) is 22.2 Å². The second kappa shape index (κ2) is 5.99. The summed E-state index contributed by atoms with van der Waals surface area (Å²) in [6.45, 7) is -0.148. The van der Waals surface area contributed by atoms with E-state index in [1.54, 1.807) is 18.2 Å². The molecule has 1 aliphatic carbocycles. The zero-order chi connectivity index (χ0) is 13.9. The average molecular weight is 304 g/mol. The molecule has 19 heavy (non-hydrogen) atoms. The van der Waals surface area contributed by atoms with Crippen LogP contribution in [0.5, 0.6) is 5.75 Å². The van der Waals surface area contributed by atoms with Crippen molar-refractivity contribution in [1.29, 1.82) is 0 Å². The SMILES string of the molecule is O=C(COc1ccc(Cl)c(Cl)c1)NC1(CO)CCC1. The summed E-state index contributed by atoms with van der Waals surface area (Å²) >= 11 is 11.6. The summed E-state index contributed by atoms with van der Waals surface area (Å²) in [7, 11) is 0. The van der Waals surface area contributed by atoms with Crippen LogP contribution in [0.3, 0.4) is 0 Å². The van der Waals surface area contributed by atoms with Crippen molar-refractivity contribution in [2.75, 3.05) is 13.2 Å². The predicted octanol–water partition coefficient (Wildman–Crippen LogP) is 2.40. The minimum atomic E-state index is -0.446. The van der Waals surface area contributed by atoms with Gasteiger partial charge in [0.15, 0.2) is 6.61 Å². The van der Waals surface area contributed by atoms with Gasteiger partial charge in [-0.3, -0.25) is 4.79 Å². The van der Waals surface area contributed by atoms with Gasteiger partial charge in [0, 0.05) is 6.07 Å². The molecule has 1 fully saturated rings. The molecule has 2 rings (SSSR count). The molecule has 4 nitrogen and oxygen atoms in total. The number of hydrogen-bond donors (Lipinski definition) is 2. The molecular weight excluding hydrogens is 289 g/mol. The molecule has 0 aromatic heterocycles. The van der Waals surface area contributed by atoms with Crippen LogP contribution in [0.2, 0.25) is 10.0 Å². The van der Waals surface area contributed by atoms with E-state index in [1.165, 1.54) is 0 Å². The van der Waals surface area contributed by atoms with Gasteiger partial charge < -0.3 is 15.2 Å². The number of aliphatic hydroxyl groups is 1. The van der Waals surface area contributed by atoms with Crippen LogP contribution in [0.25, 0.3) is 0 Å². The van der Waals surface area contributed by atoms with Crippen molar-refractivity contribution < 1.29 is 14.6 Å². The first-order valence-electron chi connectivity index (χ1n) is 6.04. The first-order valence-corrected chi connectivity index (χ1v) is 6.80. The van der Waals surface area contributed by atoms with E-state index in [1.807, 2.05) is 0 Å². The van der Waals surface area contributed by atoms with E-state index in [0.717, 1.165) is 19.3 Å². The van der Waals surface area contributed by atoms with Gasteiger partial charge in [0.25, 0.3) is 5.91 Å². The monoisotopic (exact) mass is 303 g/mol. The quantitative estimate of drug-likeness (QED) is 0.878. The van der Waals surface area contributed by atoms with E-state index < -0.39 is 5.54 Å². The van der Waals surface area contributed by atoms with Crippen LogP contribution in [0.15, 0.2) is 18.2 Å². The van der Waals surface area contributed by atoms with Gasteiger partial charge >= 0.3 is 0 Å². The molecule has 0 saturated heterocycles. The Morgan fingerprint density at radius 1 is 1.37 bits per heavy atom. The van der Waals surface area contributed by atoms with E-state index in [0.29, 0.717) is 15.8 Å². The Morgan fingerprint density at radius 2 is 2.11 bits per heavy atom. The number of carbonyl (C=O) groups is 1. The van der Waals surface area contributed by atoms with Crippen molar-refractivity contribution in [1.82, 2.24) is 5.32 Å².